The number of aryl methyl sites for hydroxylation is 1. The zero-order valence-corrected chi connectivity index (χ0v) is 16.9. The summed E-state index contributed by atoms with van der Waals surface area (Å²) in [5, 5.41) is 3.29. The number of carbonyl (C=O) groups is 2. The van der Waals surface area contributed by atoms with Crippen molar-refractivity contribution >= 4 is 11.8 Å². The summed E-state index contributed by atoms with van der Waals surface area (Å²) in [6, 6.07) is -0.143. The second kappa shape index (κ2) is 8.87. The monoisotopic (exact) mass is 375 g/mol. The van der Waals surface area contributed by atoms with E-state index in [1.165, 1.54) is 0 Å². The number of hydrogen-bond acceptors (Lipinski definition) is 4. The van der Waals surface area contributed by atoms with Crippen molar-refractivity contribution in [2.45, 2.75) is 45.6 Å². The second-order valence-electron chi connectivity index (χ2n) is 8.38. The minimum Gasteiger partial charge on any atom is -0.341 e. The molecule has 1 atom stereocenters. The molecule has 2 amide bonds. The first-order valence-corrected chi connectivity index (χ1v) is 10.2. The van der Waals surface area contributed by atoms with Crippen LogP contribution in [0.3, 0.4) is 0 Å². The molecule has 0 spiro atoms. The van der Waals surface area contributed by atoms with Crippen molar-refractivity contribution in [3.05, 3.63) is 18.2 Å². The molecule has 0 saturated carbocycles. The average Bonchev–Trinajstić information content (AvgIpc) is 3.03. The molecule has 0 aliphatic carbocycles. The van der Waals surface area contributed by atoms with E-state index in [0.29, 0.717) is 18.4 Å². The number of likely N-dealkylation sites (tertiary alicyclic amines) is 1. The lowest BCUT2D eigenvalue weighted by Crippen LogP contribution is -2.57. The van der Waals surface area contributed by atoms with E-state index < -0.39 is 0 Å². The summed E-state index contributed by atoms with van der Waals surface area (Å²) >= 11 is 0. The molecule has 0 aromatic carbocycles. The molecule has 1 N–H and O–H groups in total. The van der Waals surface area contributed by atoms with Gasteiger partial charge < -0.3 is 19.7 Å². The van der Waals surface area contributed by atoms with Crippen molar-refractivity contribution in [1.82, 2.24) is 24.7 Å². The standard InChI is InChI=1S/C20H33N5O2/c1-15(2)12-17-20(27)25(11-7-21-17)14-19(26)24-8-4-16(5-9-24)13-18-22-6-10-23(18)3/h6,10,15-17,21H,4-5,7-9,11-14H2,1-3H3. The largest absolute Gasteiger partial charge is 0.341 e. The molecule has 150 valence electrons. The van der Waals surface area contributed by atoms with Gasteiger partial charge in [0.1, 0.15) is 5.82 Å². The Kier molecular flexibility index (Phi) is 6.52. The molecular formula is C20H33N5O2. The lowest BCUT2D eigenvalue weighted by molar-refractivity contribution is -0.144. The number of hydrogen-bond donors (Lipinski definition) is 1. The highest BCUT2D eigenvalue weighted by Crippen LogP contribution is 2.21. The number of imidazole rings is 1. The third-order valence-corrected chi connectivity index (χ3v) is 5.77. The van der Waals surface area contributed by atoms with Gasteiger partial charge in [-0.15, -0.1) is 0 Å². The van der Waals surface area contributed by atoms with Crippen molar-refractivity contribution in [2.75, 3.05) is 32.7 Å². The summed E-state index contributed by atoms with van der Waals surface area (Å²) in [7, 11) is 2.03. The van der Waals surface area contributed by atoms with E-state index >= 15 is 0 Å². The van der Waals surface area contributed by atoms with Crippen molar-refractivity contribution < 1.29 is 9.59 Å². The Labute approximate surface area is 162 Å². The van der Waals surface area contributed by atoms with Gasteiger partial charge in [0, 0.05) is 52.0 Å². The number of piperidine rings is 1. The highest BCUT2D eigenvalue weighted by molar-refractivity contribution is 5.88. The van der Waals surface area contributed by atoms with Gasteiger partial charge in [-0.1, -0.05) is 13.8 Å². The van der Waals surface area contributed by atoms with Crippen molar-refractivity contribution in [1.29, 1.82) is 0 Å². The smallest absolute Gasteiger partial charge is 0.242 e. The van der Waals surface area contributed by atoms with Gasteiger partial charge in [-0.3, -0.25) is 9.59 Å². The maximum Gasteiger partial charge on any atom is 0.242 e. The number of nitrogens with zero attached hydrogens (tertiary/aromatic N) is 4. The average molecular weight is 376 g/mol. The number of carbonyl (C=O) groups excluding carboxylic acids is 2. The summed E-state index contributed by atoms with van der Waals surface area (Å²) in [6.45, 7) is 7.41. The molecule has 7 heteroatoms. The van der Waals surface area contributed by atoms with Crippen molar-refractivity contribution in [2.24, 2.45) is 18.9 Å². The minimum atomic E-state index is -0.143. The Bertz CT molecular complexity index is 649. The van der Waals surface area contributed by atoms with Gasteiger partial charge in [-0.2, -0.15) is 0 Å². The van der Waals surface area contributed by atoms with Crippen LogP contribution in [0, 0.1) is 11.8 Å². The lowest BCUT2D eigenvalue weighted by Gasteiger charge is -2.36. The number of rotatable bonds is 6. The molecule has 1 unspecified atom stereocenters. The molecule has 0 bridgehead atoms. The molecule has 3 rings (SSSR count). The van der Waals surface area contributed by atoms with Crippen LogP contribution in [0.5, 0.6) is 0 Å². The molecule has 2 aliphatic heterocycles. The van der Waals surface area contributed by atoms with E-state index in [2.05, 4.69) is 28.7 Å². The van der Waals surface area contributed by atoms with Crippen LogP contribution < -0.4 is 5.32 Å². The summed E-state index contributed by atoms with van der Waals surface area (Å²) in [6.07, 6.45) is 7.62. The number of nitrogens with one attached hydrogen (secondary N) is 1. The van der Waals surface area contributed by atoms with E-state index in [-0.39, 0.29) is 24.4 Å². The number of piperazine rings is 1. The van der Waals surface area contributed by atoms with Gasteiger partial charge in [0.25, 0.3) is 0 Å². The van der Waals surface area contributed by atoms with Crippen LogP contribution in [0.1, 0.15) is 38.9 Å². The van der Waals surface area contributed by atoms with Crippen LogP contribution in [0.15, 0.2) is 12.4 Å². The quantitative estimate of drug-likeness (QED) is 0.807. The van der Waals surface area contributed by atoms with Gasteiger partial charge in [-0.05, 0) is 31.1 Å². The Morgan fingerprint density at radius 3 is 2.67 bits per heavy atom. The number of amides is 2. The summed E-state index contributed by atoms with van der Waals surface area (Å²) < 4.78 is 2.07. The normalized spacial score (nSPS) is 21.9. The van der Waals surface area contributed by atoms with E-state index in [1.54, 1.807) is 4.90 Å². The molecular weight excluding hydrogens is 342 g/mol. The third kappa shape index (κ3) is 5.09. The molecule has 7 nitrogen and oxygen atoms in total. The SMILES string of the molecule is CC(C)CC1NCCN(CC(=O)N2CCC(Cc3nccn3C)CC2)C1=O. The number of aromatic nitrogens is 2. The Morgan fingerprint density at radius 1 is 1.30 bits per heavy atom. The van der Waals surface area contributed by atoms with E-state index in [0.717, 1.165) is 51.1 Å². The van der Waals surface area contributed by atoms with Crippen LogP contribution in [-0.4, -0.2) is 69.9 Å². The van der Waals surface area contributed by atoms with Gasteiger partial charge in [0.2, 0.25) is 11.8 Å². The fraction of sp³-hybridized carbons (Fsp3) is 0.750. The maximum atomic E-state index is 12.7. The van der Waals surface area contributed by atoms with E-state index in [1.807, 2.05) is 24.3 Å². The highest BCUT2D eigenvalue weighted by atomic mass is 16.2. The van der Waals surface area contributed by atoms with Crippen LogP contribution in [0.25, 0.3) is 0 Å². The molecule has 2 saturated heterocycles. The zero-order chi connectivity index (χ0) is 19.4. The molecule has 0 radical (unpaired) electrons. The topological polar surface area (TPSA) is 70.5 Å². The lowest BCUT2D eigenvalue weighted by atomic mass is 9.93. The summed E-state index contributed by atoms with van der Waals surface area (Å²) in [4.78, 5) is 33.4. The molecule has 2 fully saturated rings. The molecule has 3 heterocycles. The summed E-state index contributed by atoms with van der Waals surface area (Å²) in [5.74, 6) is 2.31. The van der Waals surface area contributed by atoms with Crippen LogP contribution in [-0.2, 0) is 23.1 Å². The van der Waals surface area contributed by atoms with Gasteiger partial charge >= 0.3 is 0 Å². The van der Waals surface area contributed by atoms with Crippen molar-refractivity contribution in [3.8, 4) is 0 Å². The van der Waals surface area contributed by atoms with Gasteiger partial charge in [0.15, 0.2) is 0 Å². The highest BCUT2D eigenvalue weighted by Gasteiger charge is 2.32. The Hall–Kier alpha value is -1.89. The van der Waals surface area contributed by atoms with Crippen molar-refractivity contribution in [3.63, 3.8) is 0 Å². The maximum absolute atomic E-state index is 12.7. The van der Waals surface area contributed by atoms with E-state index in [9.17, 15) is 9.59 Å². The summed E-state index contributed by atoms with van der Waals surface area (Å²) in [5.41, 5.74) is 0. The first-order valence-electron chi connectivity index (χ1n) is 10.2. The molecule has 2 aliphatic rings. The molecule has 27 heavy (non-hydrogen) atoms. The molecule has 1 aromatic rings. The Morgan fingerprint density at radius 2 is 2.04 bits per heavy atom. The fourth-order valence-corrected chi connectivity index (χ4v) is 4.11. The first kappa shape index (κ1) is 19.9. The van der Waals surface area contributed by atoms with E-state index in [4.69, 9.17) is 0 Å². The fourth-order valence-electron chi connectivity index (χ4n) is 4.11. The van der Waals surface area contributed by atoms with Gasteiger partial charge in [0.05, 0.1) is 12.6 Å². The predicted molar refractivity (Wildman–Crippen MR) is 104 cm³/mol. The van der Waals surface area contributed by atoms with Crippen LogP contribution >= 0.6 is 0 Å². The van der Waals surface area contributed by atoms with Crippen LogP contribution in [0.4, 0.5) is 0 Å². The zero-order valence-electron chi connectivity index (χ0n) is 16.9. The second-order valence-corrected chi connectivity index (χ2v) is 8.38. The Balaban J connectivity index is 1.46. The minimum absolute atomic E-state index is 0.0768. The predicted octanol–water partition coefficient (Wildman–Crippen LogP) is 1.05. The van der Waals surface area contributed by atoms with Gasteiger partial charge in [-0.25, -0.2) is 4.98 Å². The van der Waals surface area contributed by atoms with Crippen LogP contribution in [0.2, 0.25) is 0 Å². The third-order valence-electron chi connectivity index (χ3n) is 5.77. The first-order chi connectivity index (χ1) is 12.9. The molecule has 1 aromatic heterocycles.